The molecule has 6 nitrogen and oxygen atoms in total. The predicted molar refractivity (Wildman–Crippen MR) is 140 cm³/mol. The molecule has 1 saturated heterocycles. The Morgan fingerprint density at radius 2 is 1.81 bits per heavy atom. The Morgan fingerprint density at radius 1 is 1.11 bits per heavy atom. The molecule has 4 rings (SSSR count). The highest BCUT2D eigenvalue weighted by molar-refractivity contribution is 6.06. The van der Waals surface area contributed by atoms with Crippen LogP contribution in [0.25, 0.3) is 6.08 Å². The van der Waals surface area contributed by atoms with Crippen molar-refractivity contribution in [2.45, 2.75) is 90.2 Å². The average molecular weight is 496 g/mol. The molecule has 1 heterocycles. The molecule has 6 heteroatoms. The number of phenols is 1. The zero-order valence-electron chi connectivity index (χ0n) is 21.7. The topological polar surface area (TPSA) is 98.1 Å². The number of benzene rings is 1. The summed E-state index contributed by atoms with van der Waals surface area (Å²) in [6, 6.07) is 6.98. The highest BCUT2D eigenvalue weighted by Crippen LogP contribution is 2.48. The average Bonchev–Trinajstić information content (AvgIpc) is 3.13. The lowest BCUT2D eigenvalue weighted by Gasteiger charge is -2.36. The fourth-order valence-electron chi connectivity index (χ4n) is 6.67. The number of aliphatic hydroxyl groups excluding tert-OH is 2. The van der Waals surface area contributed by atoms with Gasteiger partial charge in [0.25, 0.3) is 0 Å². The first-order valence-corrected chi connectivity index (χ1v) is 13.7. The van der Waals surface area contributed by atoms with Crippen molar-refractivity contribution in [3.63, 3.8) is 0 Å². The van der Waals surface area contributed by atoms with E-state index in [9.17, 15) is 24.9 Å². The van der Waals surface area contributed by atoms with Crippen molar-refractivity contribution in [3.05, 3.63) is 46.5 Å². The van der Waals surface area contributed by atoms with Crippen LogP contribution < -0.4 is 0 Å². The number of hydrogen-bond donors (Lipinski definition) is 3. The van der Waals surface area contributed by atoms with Gasteiger partial charge >= 0.3 is 0 Å². The van der Waals surface area contributed by atoms with Gasteiger partial charge in [0.15, 0.2) is 0 Å². The van der Waals surface area contributed by atoms with Crippen LogP contribution in [0.3, 0.4) is 0 Å². The third kappa shape index (κ3) is 5.45. The third-order valence-corrected chi connectivity index (χ3v) is 8.38. The van der Waals surface area contributed by atoms with Gasteiger partial charge in [-0.1, -0.05) is 62.0 Å². The smallest absolute Gasteiger partial charge is 0.234 e. The van der Waals surface area contributed by atoms with E-state index >= 15 is 0 Å². The lowest BCUT2D eigenvalue weighted by Crippen LogP contribution is -2.42. The number of hydrogen-bond acceptors (Lipinski definition) is 5. The highest BCUT2D eigenvalue weighted by Gasteiger charge is 2.56. The first-order chi connectivity index (χ1) is 17.3. The molecule has 2 aliphatic carbocycles. The van der Waals surface area contributed by atoms with E-state index in [-0.39, 0.29) is 30.2 Å². The quantitative estimate of drug-likeness (QED) is 0.332. The molecule has 1 aromatic carbocycles. The van der Waals surface area contributed by atoms with Crippen molar-refractivity contribution in [2.75, 3.05) is 6.61 Å². The molecule has 1 aliphatic heterocycles. The first-order valence-electron chi connectivity index (χ1n) is 13.7. The summed E-state index contributed by atoms with van der Waals surface area (Å²) in [5.74, 6) is -1.46. The molecule has 3 aliphatic rings. The van der Waals surface area contributed by atoms with Gasteiger partial charge in [-0.05, 0) is 68.7 Å². The Balaban J connectivity index is 1.54. The normalized spacial score (nSPS) is 26.5. The molecule has 3 N–H and O–H groups in total. The van der Waals surface area contributed by atoms with E-state index in [4.69, 9.17) is 0 Å². The van der Waals surface area contributed by atoms with Crippen LogP contribution in [-0.2, 0) is 9.59 Å². The molecule has 4 atom stereocenters. The third-order valence-electron chi connectivity index (χ3n) is 8.38. The number of likely N-dealkylation sites (tertiary alicyclic amines) is 1. The van der Waals surface area contributed by atoms with Gasteiger partial charge in [-0.3, -0.25) is 14.5 Å². The second-order valence-corrected chi connectivity index (χ2v) is 10.9. The van der Waals surface area contributed by atoms with Gasteiger partial charge in [0, 0.05) is 12.0 Å². The van der Waals surface area contributed by atoms with Gasteiger partial charge in [-0.15, -0.1) is 0 Å². The molecular formula is C30H41NO5. The zero-order chi connectivity index (χ0) is 25.8. The van der Waals surface area contributed by atoms with Crippen LogP contribution >= 0.6 is 0 Å². The van der Waals surface area contributed by atoms with Gasteiger partial charge in [0.05, 0.1) is 24.5 Å². The van der Waals surface area contributed by atoms with Crippen LogP contribution in [0.5, 0.6) is 5.75 Å². The van der Waals surface area contributed by atoms with Crippen molar-refractivity contribution in [2.24, 2.45) is 17.8 Å². The molecule has 0 unspecified atom stereocenters. The summed E-state index contributed by atoms with van der Waals surface area (Å²) < 4.78 is 0. The molecule has 36 heavy (non-hydrogen) atoms. The minimum atomic E-state index is -0.764. The Kier molecular flexibility index (Phi) is 8.68. The summed E-state index contributed by atoms with van der Waals surface area (Å²) in [6.07, 6.45) is 9.57. The molecule has 1 saturated carbocycles. The second-order valence-electron chi connectivity index (χ2n) is 10.9. The van der Waals surface area contributed by atoms with E-state index in [0.29, 0.717) is 19.3 Å². The van der Waals surface area contributed by atoms with Gasteiger partial charge in [-0.25, -0.2) is 0 Å². The number of allylic oxidation sites excluding steroid dienone is 2. The molecule has 0 radical (unpaired) electrons. The molecule has 2 amide bonds. The maximum absolute atomic E-state index is 13.6. The lowest BCUT2D eigenvalue weighted by atomic mass is 9.67. The van der Waals surface area contributed by atoms with Crippen molar-refractivity contribution >= 4 is 17.9 Å². The van der Waals surface area contributed by atoms with Crippen molar-refractivity contribution < 1.29 is 24.9 Å². The summed E-state index contributed by atoms with van der Waals surface area (Å²) in [5, 5.41) is 31.3. The number of imide groups is 1. The van der Waals surface area contributed by atoms with Crippen molar-refractivity contribution in [1.82, 2.24) is 4.90 Å². The first kappa shape index (κ1) is 26.6. The molecule has 2 fully saturated rings. The lowest BCUT2D eigenvalue weighted by molar-refractivity contribution is -0.143. The van der Waals surface area contributed by atoms with Gasteiger partial charge < -0.3 is 15.3 Å². The Labute approximate surface area is 214 Å². The Morgan fingerprint density at radius 3 is 2.44 bits per heavy atom. The number of carbonyl (C=O) groups is 2. The Hall–Kier alpha value is -2.44. The SMILES string of the molecule is CCCC1=C([C@H](O)CC/C(C)=C/c2ccc(O)cc2)[C@H](CO)[C@@H]2C(=O)N(C3CCCCC3)C(=O)[C@@H]2C1. The summed E-state index contributed by atoms with van der Waals surface area (Å²) in [4.78, 5) is 28.6. The van der Waals surface area contributed by atoms with E-state index in [1.54, 1.807) is 17.0 Å². The van der Waals surface area contributed by atoms with E-state index in [0.717, 1.165) is 67.2 Å². The number of carbonyl (C=O) groups excluding carboxylic acids is 2. The number of phenolic OH excluding ortho intramolecular Hbond substituents is 1. The minimum Gasteiger partial charge on any atom is -0.508 e. The van der Waals surface area contributed by atoms with Gasteiger partial charge in [-0.2, -0.15) is 0 Å². The Bertz CT molecular complexity index is 1000. The second kappa shape index (κ2) is 11.7. The summed E-state index contributed by atoms with van der Waals surface area (Å²) in [7, 11) is 0. The number of rotatable bonds is 9. The van der Waals surface area contributed by atoms with Crippen molar-refractivity contribution in [3.8, 4) is 5.75 Å². The maximum atomic E-state index is 13.6. The number of fused-ring (bicyclic) bond motifs is 1. The predicted octanol–water partition coefficient (Wildman–Crippen LogP) is 4.98. The molecule has 0 spiro atoms. The van der Waals surface area contributed by atoms with Crippen molar-refractivity contribution in [1.29, 1.82) is 0 Å². The van der Waals surface area contributed by atoms with E-state index in [2.05, 4.69) is 6.92 Å². The molecule has 196 valence electrons. The minimum absolute atomic E-state index is 0.0145. The number of nitrogens with zero attached hydrogens (tertiary/aromatic N) is 1. The fourth-order valence-corrected chi connectivity index (χ4v) is 6.67. The van der Waals surface area contributed by atoms with E-state index < -0.39 is 23.9 Å². The van der Waals surface area contributed by atoms with Crippen LogP contribution in [0.2, 0.25) is 0 Å². The van der Waals surface area contributed by atoms with Crippen LogP contribution in [0.15, 0.2) is 41.0 Å². The molecule has 0 bridgehead atoms. The number of amides is 2. The van der Waals surface area contributed by atoms with Gasteiger partial charge in [0.1, 0.15) is 5.75 Å². The number of aliphatic hydroxyl groups is 2. The van der Waals surface area contributed by atoms with Crippen LogP contribution in [0.4, 0.5) is 0 Å². The van der Waals surface area contributed by atoms with Crippen LogP contribution in [0.1, 0.15) is 83.6 Å². The molecular weight excluding hydrogens is 454 g/mol. The fraction of sp³-hybridized carbons (Fsp3) is 0.600. The van der Waals surface area contributed by atoms with E-state index in [1.807, 2.05) is 25.1 Å². The zero-order valence-corrected chi connectivity index (χ0v) is 21.7. The molecule has 0 aromatic heterocycles. The summed E-state index contributed by atoms with van der Waals surface area (Å²) >= 11 is 0. The largest absolute Gasteiger partial charge is 0.508 e. The summed E-state index contributed by atoms with van der Waals surface area (Å²) in [5.41, 5.74) is 3.93. The monoisotopic (exact) mass is 495 g/mol. The van der Waals surface area contributed by atoms with Crippen LogP contribution in [-0.4, -0.2) is 50.8 Å². The van der Waals surface area contributed by atoms with Gasteiger partial charge in [0.2, 0.25) is 11.8 Å². The summed E-state index contributed by atoms with van der Waals surface area (Å²) in [6.45, 7) is 3.86. The standard InChI is InChI=1S/C30H41NO5/c1-3-7-21-17-24-28(30(36)31(29(24)35)22-8-5-4-6-9-22)25(18-32)27(21)26(34)15-10-19(2)16-20-11-13-23(33)14-12-20/h11-14,16,22,24-26,28,32-34H,3-10,15,17-18H2,1-2H3/b19-16+/t24-,25+,26-,28-/m1/s1. The van der Waals surface area contributed by atoms with E-state index in [1.165, 1.54) is 0 Å². The highest BCUT2D eigenvalue weighted by atomic mass is 16.3. The maximum Gasteiger partial charge on any atom is 0.234 e. The van der Waals surface area contributed by atoms with Crippen LogP contribution in [0, 0.1) is 17.8 Å². The number of aromatic hydroxyl groups is 1. The molecule has 1 aromatic rings.